The van der Waals surface area contributed by atoms with Crippen LogP contribution >= 0.6 is 0 Å². The van der Waals surface area contributed by atoms with E-state index >= 15 is 0 Å². The number of hydrogen-bond acceptors (Lipinski definition) is 6. The second kappa shape index (κ2) is 26.8. The first-order chi connectivity index (χ1) is 34.3. The third-order valence-corrected chi connectivity index (χ3v) is 13.0. The lowest BCUT2D eigenvalue weighted by atomic mass is 9.78. The van der Waals surface area contributed by atoms with Crippen molar-refractivity contribution < 1.29 is 0 Å². The molecule has 9 rings (SSSR count). The fourth-order valence-electron chi connectivity index (χ4n) is 8.31. The van der Waals surface area contributed by atoms with Crippen LogP contribution in [-0.2, 0) is 19.3 Å². The number of nitriles is 4. The molecule has 8 aromatic rings. The highest BCUT2D eigenvalue weighted by Crippen LogP contribution is 2.37. The van der Waals surface area contributed by atoms with Crippen LogP contribution in [0.5, 0.6) is 0 Å². The van der Waals surface area contributed by atoms with E-state index in [-0.39, 0.29) is 0 Å². The minimum atomic E-state index is 0.647. The van der Waals surface area contributed by atoms with Gasteiger partial charge in [-0.3, -0.25) is 0 Å². The van der Waals surface area contributed by atoms with Gasteiger partial charge < -0.3 is 0 Å². The second-order valence-corrected chi connectivity index (χ2v) is 17.4. The van der Waals surface area contributed by atoms with Gasteiger partial charge in [-0.2, -0.15) is 21.0 Å². The summed E-state index contributed by atoms with van der Waals surface area (Å²) in [5.41, 5.74) is 16.1. The molecule has 70 heavy (non-hydrogen) atoms. The van der Waals surface area contributed by atoms with Gasteiger partial charge in [0, 0.05) is 18.0 Å². The van der Waals surface area contributed by atoms with Gasteiger partial charge >= 0.3 is 0 Å². The predicted octanol–water partition coefficient (Wildman–Crippen LogP) is 16.1. The summed E-state index contributed by atoms with van der Waals surface area (Å²) in [7, 11) is 0. The first kappa shape index (κ1) is 51.0. The highest BCUT2D eigenvalue weighted by atomic mass is 14.9. The third-order valence-electron chi connectivity index (χ3n) is 13.0. The number of aromatic nitrogens is 2. The molecule has 1 aliphatic rings. The zero-order valence-corrected chi connectivity index (χ0v) is 40.8. The number of benzene rings is 7. The van der Waals surface area contributed by atoms with Crippen molar-refractivity contribution in [3.63, 3.8) is 0 Å². The van der Waals surface area contributed by atoms with Gasteiger partial charge in [0.15, 0.2) is 5.82 Å². The van der Waals surface area contributed by atoms with Crippen LogP contribution in [-0.4, -0.2) is 9.97 Å². The fraction of sp³-hybridized carbons (Fsp3) is 0.219. The van der Waals surface area contributed by atoms with E-state index < -0.39 is 0 Å². The summed E-state index contributed by atoms with van der Waals surface area (Å²) in [5, 5.41) is 35.0. The van der Waals surface area contributed by atoms with Gasteiger partial charge in [0.1, 0.15) is 0 Å². The van der Waals surface area contributed by atoms with Crippen LogP contribution in [0, 0.1) is 51.2 Å². The smallest absolute Gasteiger partial charge is 0.159 e. The summed E-state index contributed by atoms with van der Waals surface area (Å²) in [6.07, 6.45) is 13.5. The Morgan fingerprint density at radius 1 is 0.357 bits per heavy atom. The summed E-state index contributed by atoms with van der Waals surface area (Å²) < 4.78 is 0. The summed E-state index contributed by atoms with van der Waals surface area (Å²) in [6.45, 7) is 8.69. The molecule has 0 bridgehead atoms. The van der Waals surface area contributed by atoms with Crippen LogP contribution < -0.4 is 0 Å². The molecule has 1 fully saturated rings. The lowest BCUT2D eigenvalue weighted by Crippen LogP contribution is -2.12. The average molecular weight is 913 g/mol. The zero-order chi connectivity index (χ0) is 49.5. The van der Waals surface area contributed by atoms with Gasteiger partial charge in [-0.05, 0) is 173 Å². The molecule has 0 spiro atoms. The topological polar surface area (TPSA) is 121 Å². The maximum atomic E-state index is 8.85. The van der Waals surface area contributed by atoms with Crippen molar-refractivity contribution in [2.24, 2.45) is 5.92 Å². The third kappa shape index (κ3) is 14.8. The van der Waals surface area contributed by atoms with Crippen molar-refractivity contribution in [3.05, 3.63) is 227 Å². The molecule has 0 radical (unpaired) electrons. The second-order valence-electron chi connectivity index (χ2n) is 17.4. The normalized spacial score (nSPS) is 13.4. The molecule has 1 aliphatic carbocycles. The summed E-state index contributed by atoms with van der Waals surface area (Å²) in [5.74, 6) is 2.38. The first-order valence-electron chi connectivity index (χ1n) is 24.4. The van der Waals surface area contributed by atoms with Crippen LogP contribution in [0.15, 0.2) is 182 Å². The van der Waals surface area contributed by atoms with E-state index in [0.29, 0.717) is 22.5 Å². The molecule has 6 heteroatoms. The van der Waals surface area contributed by atoms with Crippen LogP contribution in [0.25, 0.3) is 44.8 Å². The number of aryl methyl sites for hydroxylation is 3. The molecule has 0 aliphatic heterocycles. The Morgan fingerprint density at radius 2 is 0.643 bits per heavy atom. The Kier molecular flexibility index (Phi) is 19.5. The first-order valence-corrected chi connectivity index (χ1v) is 24.4. The van der Waals surface area contributed by atoms with Gasteiger partial charge in [0.05, 0.1) is 46.5 Å². The maximum absolute atomic E-state index is 8.85. The van der Waals surface area contributed by atoms with Gasteiger partial charge in [0.25, 0.3) is 0 Å². The SMILES string of the molecule is CCC1CCC(c2ccc(C#N)cc2)CC1.CCc1ccc(-c2ccc(-c3ccc(C#N)cc3)cc2)cc1.CCc1ccc(-c2ccc(C#N)cc2)cc1.CCc1cnc(-c2ccc(C#N)cc2)nc1. The minimum Gasteiger partial charge on any atom is -0.236 e. The molecular formula is C64H60N6. The minimum absolute atomic E-state index is 0.647. The number of rotatable bonds is 9. The fourth-order valence-corrected chi connectivity index (χ4v) is 8.31. The molecule has 6 nitrogen and oxygen atoms in total. The van der Waals surface area contributed by atoms with E-state index in [1.54, 1.807) is 12.1 Å². The molecule has 1 heterocycles. The summed E-state index contributed by atoms with van der Waals surface area (Å²) in [4.78, 5) is 8.56. The standard InChI is InChI=1S/C21H17N.C15H19N.C15H13N.C13H11N3/c1-2-16-3-7-18(8-4-16)20-11-13-21(14-12-20)19-9-5-17(15-22)6-10-19;2*1-2-12-3-7-14(8-4-12)15-9-5-13(11-16)6-10-15;1-2-10-8-15-13(16-9-10)12-5-3-11(7-14)4-6-12/h3-14H,2H2,1H3;5-6,9-10,12,14H,2-4,7-8H2,1H3;3-10H,2H2,1H3;3-6,8-9H,2H2,1H3. The lowest BCUT2D eigenvalue weighted by molar-refractivity contribution is 0.319. The quantitative estimate of drug-likeness (QED) is 0.142. The predicted molar refractivity (Wildman–Crippen MR) is 285 cm³/mol. The molecule has 0 N–H and O–H groups in total. The van der Waals surface area contributed by atoms with Crippen molar-refractivity contribution in [1.82, 2.24) is 9.97 Å². The Bertz CT molecular complexity index is 2890. The Labute approximate surface area is 415 Å². The Balaban J connectivity index is 0.000000155. The molecule has 1 aromatic heterocycles. The van der Waals surface area contributed by atoms with Crippen molar-refractivity contribution >= 4 is 0 Å². The van der Waals surface area contributed by atoms with Crippen molar-refractivity contribution in [2.75, 3.05) is 0 Å². The molecule has 0 saturated heterocycles. The van der Waals surface area contributed by atoms with Crippen molar-refractivity contribution in [3.8, 4) is 69.0 Å². The average Bonchev–Trinajstić information content (AvgIpc) is 3.46. The largest absolute Gasteiger partial charge is 0.236 e. The van der Waals surface area contributed by atoms with E-state index in [2.05, 4.69) is 147 Å². The van der Waals surface area contributed by atoms with E-state index in [0.717, 1.165) is 58.9 Å². The Morgan fingerprint density at radius 3 is 0.943 bits per heavy atom. The molecular weight excluding hydrogens is 853 g/mol. The molecule has 1 saturated carbocycles. The van der Waals surface area contributed by atoms with Crippen LogP contribution in [0.1, 0.15) is 110 Å². The van der Waals surface area contributed by atoms with E-state index in [1.165, 1.54) is 71.0 Å². The highest BCUT2D eigenvalue weighted by molar-refractivity contribution is 5.71. The van der Waals surface area contributed by atoms with Crippen LogP contribution in [0.3, 0.4) is 0 Å². The summed E-state index contributed by atoms with van der Waals surface area (Å²) >= 11 is 0. The Hall–Kier alpha value is -8.42. The van der Waals surface area contributed by atoms with Crippen LogP contribution in [0.2, 0.25) is 0 Å². The van der Waals surface area contributed by atoms with Crippen molar-refractivity contribution in [2.45, 2.75) is 85.0 Å². The molecule has 0 atom stereocenters. The van der Waals surface area contributed by atoms with E-state index in [4.69, 9.17) is 21.0 Å². The molecule has 7 aromatic carbocycles. The van der Waals surface area contributed by atoms with Gasteiger partial charge in [-0.1, -0.05) is 143 Å². The number of hydrogen-bond donors (Lipinski definition) is 0. The van der Waals surface area contributed by atoms with E-state index in [1.807, 2.05) is 85.2 Å². The maximum Gasteiger partial charge on any atom is 0.159 e. The zero-order valence-electron chi connectivity index (χ0n) is 40.8. The highest BCUT2D eigenvalue weighted by Gasteiger charge is 2.21. The van der Waals surface area contributed by atoms with Crippen LogP contribution in [0.4, 0.5) is 0 Å². The van der Waals surface area contributed by atoms with Gasteiger partial charge in [-0.15, -0.1) is 0 Å². The van der Waals surface area contributed by atoms with Crippen molar-refractivity contribution in [1.29, 1.82) is 21.0 Å². The molecule has 346 valence electrons. The lowest BCUT2D eigenvalue weighted by Gasteiger charge is -2.28. The van der Waals surface area contributed by atoms with E-state index in [9.17, 15) is 0 Å². The molecule has 0 unspecified atom stereocenters. The number of nitrogens with zero attached hydrogens (tertiary/aromatic N) is 6. The molecule has 0 amide bonds. The van der Waals surface area contributed by atoms with Gasteiger partial charge in [0.2, 0.25) is 0 Å². The monoisotopic (exact) mass is 912 g/mol. The summed E-state index contributed by atoms with van der Waals surface area (Å²) in [6, 6.07) is 65.1. The van der Waals surface area contributed by atoms with Gasteiger partial charge in [-0.25, -0.2) is 9.97 Å².